The van der Waals surface area contributed by atoms with E-state index in [1.165, 1.54) is 0 Å². The second-order valence-corrected chi connectivity index (χ2v) is 5.93. The van der Waals surface area contributed by atoms with Crippen LogP contribution in [-0.4, -0.2) is 34.5 Å². The van der Waals surface area contributed by atoms with Crippen molar-refractivity contribution < 1.29 is 14.7 Å². The monoisotopic (exact) mass is 341 g/mol. The Bertz CT molecular complexity index is 500. The molecule has 5 heteroatoms. The molecule has 0 spiro atoms. The number of carboxylic acid groups (broad SMARTS) is 1. The summed E-state index contributed by atoms with van der Waals surface area (Å²) in [5, 5.41) is 8.68. The molecule has 0 bridgehead atoms. The van der Waals surface area contributed by atoms with Crippen molar-refractivity contribution in [3.63, 3.8) is 0 Å². The first-order valence-corrected chi connectivity index (χ1v) is 7.41. The average molecular weight is 342 g/mol. The maximum atomic E-state index is 12.5. The van der Waals surface area contributed by atoms with Crippen molar-refractivity contribution in [2.45, 2.75) is 39.7 Å². The SMILES string of the molecule is Cc1ccc(C(=O)N(CCCC(=O)O)C(C)C)c(Br)c1. The van der Waals surface area contributed by atoms with Gasteiger partial charge in [0.2, 0.25) is 0 Å². The number of hydrogen-bond donors (Lipinski definition) is 1. The van der Waals surface area contributed by atoms with Crippen LogP contribution in [0.4, 0.5) is 0 Å². The van der Waals surface area contributed by atoms with Gasteiger partial charge in [0.05, 0.1) is 5.56 Å². The minimum Gasteiger partial charge on any atom is -0.481 e. The van der Waals surface area contributed by atoms with Gasteiger partial charge in [0.25, 0.3) is 5.91 Å². The molecule has 0 saturated carbocycles. The second kappa shape index (κ2) is 7.43. The van der Waals surface area contributed by atoms with E-state index in [9.17, 15) is 9.59 Å². The Hall–Kier alpha value is -1.36. The summed E-state index contributed by atoms with van der Waals surface area (Å²) in [6.45, 7) is 6.27. The van der Waals surface area contributed by atoms with Crippen LogP contribution in [0.5, 0.6) is 0 Å². The molecule has 0 aromatic heterocycles. The van der Waals surface area contributed by atoms with Crippen LogP contribution in [0.15, 0.2) is 22.7 Å². The van der Waals surface area contributed by atoms with Crippen LogP contribution in [0, 0.1) is 6.92 Å². The molecule has 0 heterocycles. The third-order valence-corrected chi connectivity index (χ3v) is 3.68. The largest absolute Gasteiger partial charge is 0.481 e. The van der Waals surface area contributed by atoms with Crippen molar-refractivity contribution in [1.82, 2.24) is 4.90 Å². The lowest BCUT2D eigenvalue weighted by molar-refractivity contribution is -0.137. The molecular weight excluding hydrogens is 322 g/mol. The van der Waals surface area contributed by atoms with E-state index in [2.05, 4.69) is 15.9 Å². The molecule has 4 nitrogen and oxygen atoms in total. The van der Waals surface area contributed by atoms with E-state index in [1.54, 1.807) is 11.0 Å². The van der Waals surface area contributed by atoms with Crippen molar-refractivity contribution >= 4 is 27.8 Å². The first-order chi connectivity index (χ1) is 9.32. The summed E-state index contributed by atoms with van der Waals surface area (Å²) in [6.07, 6.45) is 0.536. The van der Waals surface area contributed by atoms with Crippen LogP contribution in [0.1, 0.15) is 42.6 Å². The third kappa shape index (κ3) is 4.63. The van der Waals surface area contributed by atoms with E-state index in [0.29, 0.717) is 18.5 Å². The van der Waals surface area contributed by atoms with E-state index in [4.69, 9.17) is 5.11 Å². The molecule has 0 atom stereocenters. The Morgan fingerprint density at radius 1 is 1.35 bits per heavy atom. The molecule has 0 aliphatic heterocycles. The highest BCUT2D eigenvalue weighted by Crippen LogP contribution is 2.21. The van der Waals surface area contributed by atoms with Gasteiger partial charge in [0.1, 0.15) is 0 Å². The van der Waals surface area contributed by atoms with Crippen LogP contribution in [0.25, 0.3) is 0 Å². The standard InChI is InChI=1S/C15H20BrNO3/c1-10(2)17(8-4-5-14(18)19)15(20)12-7-6-11(3)9-13(12)16/h6-7,9-10H,4-5,8H2,1-3H3,(H,18,19). The van der Waals surface area contributed by atoms with Gasteiger partial charge in [-0.15, -0.1) is 0 Å². The number of rotatable bonds is 6. The Kier molecular flexibility index (Phi) is 6.20. The zero-order valence-electron chi connectivity index (χ0n) is 12.0. The Balaban J connectivity index is 2.85. The molecule has 0 radical (unpaired) electrons. The number of nitrogens with zero attached hydrogens (tertiary/aromatic N) is 1. The van der Waals surface area contributed by atoms with E-state index in [-0.39, 0.29) is 18.4 Å². The molecule has 1 N–H and O–H groups in total. The molecule has 20 heavy (non-hydrogen) atoms. The highest BCUT2D eigenvalue weighted by Gasteiger charge is 2.20. The summed E-state index contributed by atoms with van der Waals surface area (Å²) in [4.78, 5) is 24.8. The summed E-state index contributed by atoms with van der Waals surface area (Å²) >= 11 is 3.41. The summed E-state index contributed by atoms with van der Waals surface area (Å²) in [7, 11) is 0. The van der Waals surface area contributed by atoms with Gasteiger partial charge >= 0.3 is 5.97 Å². The number of carboxylic acids is 1. The van der Waals surface area contributed by atoms with E-state index >= 15 is 0 Å². The average Bonchev–Trinajstić information content (AvgIpc) is 2.33. The predicted molar refractivity (Wildman–Crippen MR) is 81.9 cm³/mol. The molecule has 1 aromatic carbocycles. The first kappa shape index (κ1) is 16.7. The summed E-state index contributed by atoms with van der Waals surface area (Å²) in [5.74, 6) is -0.907. The highest BCUT2D eigenvalue weighted by atomic mass is 79.9. The van der Waals surface area contributed by atoms with Gasteiger partial charge in [0.15, 0.2) is 0 Å². The lowest BCUT2D eigenvalue weighted by atomic mass is 10.1. The molecular formula is C15H20BrNO3. The van der Waals surface area contributed by atoms with Crippen LogP contribution >= 0.6 is 15.9 Å². The molecule has 1 rings (SSSR count). The van der Waals surface area contributed by atoms with Gasteiger partial charge < -0.3 is 10.0 Å². The van der Waals surface area contributed by atoms with Crippen LogP contribution < -0.4 is 0 Å². The maximum absolute atomic E-state index is 12.5. The zero-order chi connectivity index (χ0) is 15.3. The Labute approximate surface area is 127 Å². The summed E-state index contributed by atoms with van der Waals surface area (Å²) in [6, 6.07) is 5.63. The fourth-order valence-electron chi connectivity index (χ4n) is 1.94. The second-order valence-electron chi connectivity index (χ2n) is 5.07. The molecule has 1 aromatic rings. The predicted octanol–water partition coefficient (Wildman–Crippen LogP) is 3.47. The molecule has 1 amide bonds. The van der Waals surface area contributed by atoms with Crippen molar-refractivity contribution in [1.29, 1.82) is 0 Å². The van der Waals surface area contributed by atoms with E-state index in [1.807, 2.05) is 32.9 Å². The number of aryl methyl sites for hydroxylation is 1. The first-order valence-electron chi connectivity index (χ1n) is 6.62. The van der Waals surface area contributed by atoms with E-state index in [0.717, 1.165) is 10.0 Å². The lowest BCUT2D eigenvalue weighted by Crippen LogP contribution is -2.38. The summed E-state index contributed by atoms with van der Waals surface area (Å²) < 4.78 is 0.770. The van der Waals surface area contributed by atoms with E-state index < -0.39 is 5.97 Å². The van der Waals surface area contributed by atoms with Crippen molar-refractivity contribution in [2.24, 2.45) is 0 Å². The molecule has 0 aliphatic carbocycles. The minimum absolute atomic E-state index is 0.0319. The van der Waals surface area contributed by atoms with Crippen LogP contribution in [0.3, 0.4) is 0 Å². The topological polar surface area (TPSA) is 57.6 Å². The number of hydrogen-bond acceptors (Lipinski definition) is 2. The van der Waals surface area contributed by atoms with Gasteiger partial charge in [0, 0.05) is 23.5 Å². The minimum atomic E-state index is -0.835. The summed E-state index contributed by atoms with van der Waals surface area (Å²) in [5.41, 5.74) is 1.69. The van der Waals surface area contributed by atoms with Gasteiger partial charge in [-0.3, -0.25) is 9.59 Å². The molecule has 110 valence electrons. The molecule has 0 aliphatic rings. The highest BCUT2D eigenvalue weighted by molar-refractivity contribution is 9.10. The molecule has 0 fully saturated rings. The van der Waals surface area contributed by atoms with Gasteiger partial charge in [-0.1, -0.05) is 6.07 Å². The fraction of sp³-hybridized carbons (Fsp3) is 0.467. The Morgan fingerprint density at radius 3 is 2.50 bits per heavy atom. The normalized spacial score (nSPS) is 10.7. The third-order valence-electron chi connectivity index (χ3n) is 3.03. The van der Waals surface area contributed by atoms with Gasteiger partial charge in [-0.05, 0) is 60.8 Å². The van der Waals surface area contributed by atoms with Gasteiger partial charge in [-0.2, -0.15) is 0 Å². The number of aliphatic carboxylic acids is 1. The van der Waals surface area contributed by atoms with Crippen LogP contribution in [0.2, 0.25) is 0 Å². The quantitative estimate of drug-likeness (QED) is 0.861. The maximum Gasteiger partial charge on any atom is 0.303 e. The Morgan fingerprint density at radius 2 is 2.00 bits per heavy atom. The van der Waals surface area contributed by atoms with Crippen molar-refractivity contribution in [2.75, 3.05) is 6.54 Å². The number of carbonyl (C=O) groups excluding carboxylic acids is 1. The number of halogens is 1. The fourth-order valence-corrected chi connectivity index (χ4v) is 2.61. The smallest absolute Gasteiger partial charge is 0.303 e. The molecule has 0 saturated heterocycles. The number of carbonyl (C=O) groups is 2. The molecule has 0 unspecified atom stereocenters. The van der Waals surface area contributed by atoms with Crippen molar-refractivity contribution in [3.8, 4) is 0 Å². The number of amides is 1. The van der Waals surface area contributed by atoms with Gasteiger partial charge in [-0.25, -0.2) is 0 Å². The van der Waals surface area contributed by atoms with Crippen LogP contribution in [-0.2, 0) is 4.79 Å². The lowest BCUT2D eigenvalue weighted by Gasteiger charge is -2.27. The van der Waals surface area contributed by atoms with Crippen molar-refractivity contribution in [3.05, 3.63) is 33.8 Å². The zero-order valence-corrected chi connectivity index (χ0v) is 13.6. The number of benzene rings is 1.